The van der Waals surface area contributed by atoms with Crippen LogP contribution in [0.2, 0.25) is 5.02 Å². The summed E-state index contributed by atoms with van der Waals surface area (Å²) in [5.74, 6) is 0. The van der Waals surface area contributed by atoms with Crippen LogP contribution in [0.5, 0.6) is 0 Å². The summed E-state index contributed by atoms with van der Waals surface area (Å²) in [7, 11) is 4.44. The average Bonchev–Trinajstić information content (AvgIpc) is 3.19. The van der Waals surface area contributed by atoms with E-state index >= 15 is 0 Å². The third kappa shape index (κ3) is 20.8. The molecule has 312 valence electrons. The molecule has 0 fully saturated rings. The molecular weight excluding hydrogens is 690 g/mol. The van der Waals surface area contributed by atoms with Gasteiger partial charge in [0, 0.05) is 49.3 Å². The number of pyridine rings is 1. The number of hydrogen-bond acceptors (Lipinski definition) is 3. The predicted molar refractivity (Wildman–Crippen MR) is 250 cm³/mol. The van der Waals surface area contributed by atoms with E-state index < -0.39 is 0 Å². The number of anilines is 2. The van der Waals surface area contributed by atoms with Gasteiger partial charge >= 0.3 is 0 Å². The second kappa shape index (κ2) is 31.0. The van der Waals surface area contributed by atoms with Crippen molar-refractivity contribution in [2.45, 2.75) is 219 Å². The Balaban J connectivity index is 1.28. The van der Waals surface area contributed by atoms with E-state index in [4.69, 9.17) is 16.6 Å². The quantitative estimate of drug-likeness (QED) is 0.0433. The molecule has 2 aromatic carbocycles. The van der Waals surface area contributed by atoms with Crippen LogP contribution < -0.4 is 9.80 Å². The molecule has 0 radical (unpaired) electrons. The van der Waals surface area contributed by atoms with Gasteiger partial charge in [0.15, 0.2) is 0 Å². The van der Waals surface area contributed by atoms with Crippen molar-refractivity contribution in [2.75, 3.05) is 37.0 Å². The third-order valence-corrected chi connectivity index (χ3v) is 12.5. The Morgan fingerprint density at radius 3 is 1.15 bits per heavy atom. The number of rotatable bonds is 36. The summed E-state index contributed by atoms with van der Waals surface area (Å²) in [6, 6.07) is 13.3. The minimum Gasteiger partial charge on any atom is -0.375 e. The number of fused-ring (bicyclic) bond motifs is 2. The van der Waals surface area contributed by atoms with Gasteiger partial charge in [0.25, 0.3) is 0 Å². The highest BCUT2D eigenvalue weighted by Crippen LogP contribution is 2.32. The molecule has 0 aliphatic rings. The molecule has 0 atom stereocenters. The Morgan fingerprint density at radius 1 is 0.400 bits per heavy atom. The van der Waals surface area contributed by atoms with Gasteiger partial charge in [0.05, 0.1) is 16.1 Å². The van der Waals surface area contributed by atoms with Crippen molar-refractivity contribution in [3.8, 4) is 0 Å². The smallest absolute Gasteiger partial charge is 0.0745 e. The van der Waals surface area contributed by atoms with Crippen LogP contribution in [0.1, 0.15) is 219 Å². The fraction of sp³-hybridized carbons (Fsp3) is 0.745. The van der Waals surface area contributed by atoms with Crippen molar-refractivity contribution in [1.29, 1.82) is 0 Å². The first-order valence-electron chi connectivity index (χ1n) is 24.0. The van der Waals surface area contributed by atoms with Crippen molar-refractivity contribution in [3.63, 3.8) is 0 Å². The molecule has 0 amide bonds. The van der Waals surface area contributed by atoms with Crippen molar-refractivity contribution in [1.82, 2.24) is 4.98 Å². The Kier molecular flexibility index (Phi) is 26.7. The molecule has 0 saturated carbocycles. The second-order valence-corrected chi connectivity index (χ2v) is 17.7. The summed E-state index contributed by atoms with van der Waals surface area (Å²) in [5.41, 5.74) is 4.47. The van der Waals surface area contributed by atoms with Crippen LogP contribution in [0.25, 0.3) is 21.8 Å². The minimum atomic E-state index is 0.797. The summed E-state index contributed by atoms with van der Waals surface area (Å²) in [6.07, 6.45) is 45.0. The van der Waals surface area contributed by atoms with Crippen molar-refractivity contribution < 1.29 is 0 Å². The van der Waals surface area contributed by atoms with Crippen LogP contribution >= 0.6 is 11.6 Å². The standard InChI is InChI=1S/C51H86ClN3/c1-5-7-9-11-13-15-17-19-21-23-25-27-29-31-33-35-39-54(3)46-38-37-45-41-48-49(52)42-47(44-51(48)53-50(45)43-46)55(4)40-36-34-32-30-28-26-24-22-20-18-16-14-12-10-8-6-2/h37-38,41-44H,5-36,39-40H2,1-4H3. The molecular formula is C51H86ClN3. The number of hydrogen-bond donors (Lipinski definition) is 0. The van der Waals surface area contributed by atoms with Gasteiger partial charge in [0.2, 0.25) is 0 Å². The number of aromatic nitrogens is 1. The molecule has 3 rings (SSSR count). The van der Waals surface area contributed by atoms with E-state index in [1.807, 2.05) is 0 Å². The lowest BCUT2D eigenvalue weighted by molar-refractivity contribution is 0.529. The minimum absolute atomic E-state index is 0.797. The fourth-order valence-electron chi connectivity index (χ4n) is 8.37. The molecule has 3 nitrogen and oxygen atoms in total. The van der Waals surface area contributed by atoms with Gasteiger partial charge < -0.3 is 9.80 Å². The molecule has 3 aromatic rings. The molecule has 55 heavy (non-hydrogen) atoms. The molecule has 0 N–H and O–H groups in total. The SMILES string of the molecule is CCCCCCCCCCCCCCCCCCN(C)c1ccc2cc3c(Cl)cc(N(C)CCCCCCCCCCCCCCCCCC)cc3nc2c1. The van der Waals surface area contributed by atoms with Crippen LogP contribution in [-0.2, 0) is 0 Å². The normalized spacial score (nSPS) is 11.7. The Labute approximate surface area is 346 Å². The van der Waals surface area contributed by atoms with E-state index in [1.165, 1.54) is 217 Å². The van der Waals surface area contributed by atoms with Gasteiger partial charge in [-0.15, -0.1) is 0 Å². The van der Waals surface area contributed by atoms with E-state index in [2.05, 4.69) is 74.1 Å². The van der Waals surface area contributed by atoms with Gasteiger partial charge in [-0.2, -0.15) is 0 Å². The zero-order valence-electron chi connectivity index (χ0n) is 36.7. The predicted octanol–water partition coefficient (Wildman–Crippen LogP) is 17.4. The zero-order valence-corrected chi connectivity index (χ0v) is 37.5. The van der Waals surface area contributed by atoms with Gasteiger partial charge in [-0.25, -0.2) is 4.98 Å². The summed E-state index contributed by atoms with van der Waals surface area (Å²) in [4.78, 5) is 9.92. The van der Waals surface area contributed by atoms with E-state index in [9.17, 15) is 0 Å². The van der Waals surface area contributed by atoms with Crippen molar-refractivity contribution >= 4 is 44.8 Å². The zero-order chi connectivity index (χ0) is 39.2. The van der Waals surface area contributed by atoms with Crippen LogP contribution in [0, 0.1) is 0 Å². The van der Waals surface area contributed by atoms with Gasteiger partial charge in [-0.3, -0.25) is 0 Å². The summed E-state index contributed by atoms with van der Waals surface area (Å²) >= 11 is 6.87. The van der Waals surface area contributed by atoms with Crippen LogP contribution in [0.4, 0.5) is 11.4 Å². The maximum absolute atomic E-state index is 6.87. The fourth-order valence-corrected chi connectivity index (χ4v) is 8.63. The lowest BCUT2D eigenvalue weighted by Gasteiger charge is -2.21. The highest BCUT2D eigenvalue weighted by atomic mass is 35.5. The number of nitrogens with zero attached hydrogens (tertiary/aromatic N) is 3. The first-order valence-corrected chi connectivity index (χ1v) is 24.4. The molecule has 0 bridgehead atoms. The molecule has 0 aliphatic heterocycles. The Morgan fingerprint density at radius 2 is 0.745 bits per heavy atom. The van der Waals surface area contributed by atoms with Crippen molar-refractivity contribution in [3.05, 3.63) is 41.4 Å². The summed E-state index contributed by atoms with van der Waals surface area (Å²) in [6.45, 7) is 6.76. The summed E-state index contributed by atoms with van der Waals surface area (Å²) in [5, 5.41) is 3.00. The maximum Gasteiger partial charge on any atom is 0.0745 e. The number of benzene rings is 2. The van der Waals surface area contributed by atoms with Gasteiger partial charge in [0.1, 0.15) is 0 Å². The molecule has 0 spiro atoms. The molecule has 0 unspecified atom stereocenters. The van der Waals surface area contributed by atoms with E-state index in [0.717, 1.165) is 39.9 Å². The average molecular weight is 777 g/mol. The van der Waals surface area contributed by atoms with Crippen LogP contribution in [-0.4, -0.2) is 32.2 Å². The highest BCUT2D eigenvalue weighted by Gasteiger charge is 2.11. The molecule has 1 aromatic heterocycles. The maximum atomic E-state index is 6.87. The number of halogens is 1. The van der Waals surface area contributed by atoms with Crippen LogP contribution in [0.3, 0.4) is 0 Å². The molecule has 1 heterocycles. The highest BCUT2D eigenvalue weighted by molar-refractivity contribution is 6.36. The monoisotopic (exact) mass is 776 g/mol. The second-order valence-electron chi connectivity index (χ2n) is 17.3. The van der Waals surface area contributed by atoms with E-state index in [-0.39, 0.29) is 0 Å². The van der Waals surface area contributed by atoms with Gasteiger partial charge in [-0.1, -0.05) is 224 Å². The van der Waals surface area contributed by atoms with Crippen LogP contribution in [0.15, 0.2) is 36.4 Å². The molecule has 4 heteroatoms. The first kappa shape index (κ1) is 47.4. The van der Waals surface area contributed by atoms with Crippen molar-refractivity contribution in [2.24, 2.45) is 0 Å². The lowest BCUT2D eigenvalue weighted by atomic mass is 10.0. The Hall–Kier alpha value is -2.00. The summed E-state index contributed by atoms with van der Waals surface area (Å²) < 4.78 is 0. The van der Waals surface area contributed by atoms with Gasteiger partial charge in [-0.05, 0) is 43.2 Å². The van der Waals surface area contributed by atoms with E-state index in [1.54, 1.807) is 0 Å². The molecule has 0 aliphatic carbocycles. The third-order valence-electron chi connectivity index (χ3n) is 12.2. The Bertz CT molecular complexity index is 1370. The first-order chi connectivity index (χ1) is 27.0. The van der Waals surface area contributed by atoms with E-state index in [0.29, 0.717) is 0 Å². The lowest BCUT2D eigenvalue weighted by Crippen LogP contribution is -2.18. The largest absolute Gasteiger partial charge is 0.375 e. The number of unbranched alkanes of at least 4 members (excludes halogenated alkanes) is 30. The topological polar surface area (TPSA) is 19.4 Å². The molecule has 0 saturated heterocycles.